The second-order valence-corrected chi connectivity index (χ2v) is 8.08. The Morgan fingerprint density at radius 2 is 1.79 bits per heavy atom. The number of amides is 1. The van der Waals surface area contributed by atoms with Crippen molar-refractivity contribution in [3.63, 3.8) is 0 Å². The van der Waals surface area contributed by atoms with Gasteiger partial charge < -0.3 is 16.2 Å². The van der Waals surface area contributed by atoms with E-state index in [-0.39, 0.29) is 29.4 Å². The number of phenolic OH excluding ortho intramolecular Hbond substituents is 1. The van der Waals surface area contributed by atoms with Gasteiger partial charge in [0.2, 0.25) is 5.91 Å². The molecule has 0 aromatic heterocycles. The van der Waals surface area contributed by atoms with Crippen LogP contribution in [0, 0.1) is 11.8 Å². The van der Waals surface area contributed by atoms with Crippen LogP contribution < -0.4 is 11.1 Å². The maximum atomic E-state index is 12.3. The standard InChI is InChI=1S/C20H20Cl2N2O2.C2H6/c21-12-3-1-11(2-4-12)20(23)16(14-6-5-13(25)9-18(14)22)8-7-15-17(20)10-24-19(15)26;1-2/h1-6,9,15-17,25H,7-8,10,23H2,(H,24,26);1-2H3. The lowest BCUT2D eigenvalue weighted by atomic mass is 9.58. The molecule has 1 saturated carbocycles. The van der Waals surface area contributed by atoms with Crippen molar-refractivity contribution in [3.05, 3.63) is 63.6 Å². The second kappa shape index (κ2) is 8.32. The fourth-order valence-electron chi connectivity index (χ4n) is 4.71. The van der Waals surface area contributed by atoms with Crippen LogP contribution in [-0.4, -0.2) is 17.6 Å². The molecule has 4 nitrogen and oxygen atoms in total. The molecular weight excluding hydrogens is 395 g/mol. The highest BCUT2D eigenvalue weighted by Gasteiger charge is 2.55. The number of fused-ring (bicyclic) bond motifs is 1. The molecule has 2 aromatic rings. The van der Waals surface area contributed by atoms with Gasteiger partial charge in [0.15, 0.2) is 0 Å². The molecule has 2 aliphatic rings. The van der Waals surface area contributed by atoms with Gasteiger partial charge in [-0.15, -0.1) is 0 Å². The van der Waals surface area contributed by atoms with Gasteiger partial charge in [0.25, 0.3) is 0 Å². The number of rotatable bonds is 2. The summed E-state index contributed by atoms with van der Waals surface area (Å²) in [6.45, 7) is 4.55. The van der Waals surface area contributed by atoms with Crippen LogP contribution in [0.25, 0.3) is 0 Å². The van der Waals surface area contributed by atoms with Gasteiger partial charge >= 0.3 is 0 Å². The Kier molecular flexibility index (Phi) is 6.23. The lowest BCUT2D eigenvalue weighted by Gasteiger charge is -2.48. The monoisotopic (exact) mass is 420 g/mol. The van der Waals surface area contributed by atoms with Gasteiger partial charge in [-0.3, -0.25) is 4.79 Å². The third-order valence-electron chi connectivity index (χ3n) is 5.98. The number of nitrogens with two attached hydrogens (primary N) is 1. The number of phenols is 1. The van der Waals surface area contributed by atoms with Gasteiger partial charge in [-0.2, -0.15) is 0 Å². The van der Waals surface area contributed by atoms with Gasteiger partial charge in [0.05, 0.1) is 5.54 Å². The number of carbonyl (C=O) groups excluding carboxylic acids is 1. The first kappa shape index (κ1) is 21.0. The maximum absolute atomic E-state index is 12.3. The van der Waals surface area contributed by atoms with Crippen LogP contribution in [0.5, 0.6) is 5.75 Å². The van der Waals surface area contributed by atoms with Gasteiger partial charge in [-0.05, 0) is 48.2 Å². The van der Waals surface area contributed by atoms with Gasteiger partial charge in [0.1, 0.15) is 5.75 Å². The molecule has 1 amide bonds. The van der Waals surface area contributed by atoms with E-state index in [1.165, 1.54) is 0 Å². The van der Waals surface area contributed by atoms with Crippen LogP contribution in [0.1, 0.15) is 43.7 Å². The van der Waals surface area contributed by atoms with Crippen molar-refractivity contribution in [2.24, 2.45) is 17.6 Å². The molecule has 150 valence electrons. The van der Waals surface area contributed by atoms with E-state index in [2.05, 4.69) is 5.32 Å². The minimum Gasteiger partial charge on any atom is -0.508 e. The number of hydrogen-bond acceptors (Lipinski definition) is 3. The zero-order valence-electron chi connectivity index (χ0n) is 16.1. The highest BCUT2D eigenvalue weighted by Crippen LogP contribution is 2.53. The predicted molar refractivity (Wildman–Crippen MR) is 114 cm³/mol. The molecule has 0 bridgehead atoms. The molecule has 2 aromatic carbocycles. The van der Waals surface area contributed by atoms with E-state index < -0.39 is 5.54 Å². The number of benzene rings is 2. The lowest BCUT2D eigenvalue weighted by molar-refractivity contribution is -0.124. The van der Waals surface area contributed by atoms with Crippen molar-refractivity contribution in [1.82, 2.24) is 5.32 Å². The number of halogens is 2. The molecule has 28 heavy (non-hydrogen) atoms. The predicted octanol–water partition coefficient (Wildman–Crippen LogP) is 4.82. The molecule has 0 radical (unpaired) electrons. The summed E-state index contributed by atoms with van der Waals surface area (Å²) >= 11 is 12.5. The summed E-state index contributed by atoms with van der Waals surface area (Å²) < 4.78 is 0. The molecule has 2 fully saturated rings. The molecule has 4 atom stereocenters. The third kappa shape index (κ3) is 3.49. The largest absolute Gasteiger partial charge is 0.508 e. The van der Waals surface area contributed by atoms with Crippen LogP contribution in [0.15, 0.2) is 42.5 Å². The SMILES string of the molecule is CC.NC1(c2ccc(Cl)cc2)C(c2ccc(O)cc2Cl)CCC2C(=O)NCC21. The highest BCUT2D eigenvalue weighted by molar-refractivity contribution is 6.31. The van der Waals surface area contributed by atoms with E-state index in [1.807, 2.05) is 44.2 Å². The molecule has 1 aliphatic heterocycles. The van der Waals surface area contributed by atoms with Crippen LogP contribution >= 0.6 is 23.2 Å². The fraction of sp³-hybridized carbons (Fsp3) is 0.409. The second-order valence-electron chi connectivity index (χ2n) is 7.23. The number of carbonyl (C=O) groups is 1. The Hall–Kier alpha value is -1.75. The smallest absolute Gasteiger partial charge is 0.223 e. The number of aromatic hydroxyl groups is 1. The average molecular weight is 421 g/mol. The van der Waals surface area contributed by atoms with Gasteiger partial charge in [-0.1, -0.05) is 55.2 Å². The maximum Gasteiger partial charge on any atom is 0.223 e. The van der Waals surface area contributed by atoms with E-state index in [0.717, 1.165) is 24.0 Å². The molecule has 6 heteroatoms. The minimum atomic E-state index is -0.757. The zero-order chi connectivity index (χ0) is 20.5. The van der Waals surface area contributed by atoms with Crippen molar-refractivity contribution < 1.29 is 9.90 Å². The van der Waals surface area contributed by atoms with Crippen molar-refractivity contribution in [1.29, 1.82) is 0 Å². The normalized spacial score (nSPS) is 28.8. The summed E-state index contributed by atoms with van der Waals surface area (Å²) in [5, 5.41) is 13.8. The van der Waals surface area contributed by atoms with Crippen LogP contribution in [-0.2, 0) is 10.3 Å². The van der Waals surface area contributed by atoms with E-state index in [4.69, 9.17) is 28.9 Å². The van der Waals surface area contributed by atoms with Crippen molar-refractivity contribution >= 4 is 29.1 Å². The minimum absolute atomic E-state index is 0.0280. The first-order valence-corrected chi connectivity index (χ1v) is 10.5. The fourth-order valence-corrected chi connectivity index (χ4v) is 5.14. The van der Waals surface area contributed by atoms with E-state index in [9.17, 15) is 9.90 Å². The van der Waals surface area contributed by atoms with Crippen molar-refractivity contribution in [2.45, 2.75) is 38.1 Å². The molecule has 1 aliphatic carbocycles. The van der Waals surface area contributed by atoms with E-state index in [0.29, 0.717) is 16.6 Å². The van der Waals surface area contributed by atoms with E-state index >= 15 is 0 Å². The Morgan fingerprint density at radius 1 is 1.11 bits per heavy atom. The summed E-state index contributed by atoms with van der Waals surface area (Å²) in [5.41, 5.74) is 8.20. The summed E-state index contributed by atoms with van der Waals surface area (Å²) in [7, 11) is 0. The summed E-state index contributed by atoms with van der Waals surface area (Å²) in [6, 6.07) is 12.6. The molecule has 4 N–H and O–H groups in total. The summed E-state index contributed by atoms with van der Waals surface area (Å²) in [6.07, 6.45) is 1.52. The summed E-state index contributed by atoms with van der Waals surface area (Å²) in [5.74, 6) is 0.0154. The average Bonchev–Trinajstić information content (AvgIpc) is 3.07. The lowest BCUT2D eigenvalue weighted by Crippen LogP contribution is -2.54. The summed E-state index contributed by atoms with van der Waals surface area (Å²) in [4.78, 5) is 12.3. The first-order chi connectivity index (χ1) is 13.4. The third-order valence-corrected chi connectivity index (χ3v) is 6.56. The molecule has 0 spiro atoms. The Balaban J connectivity index is 0.00000109. The Labute approximate surface area is 176 Å². The molecule has 1 saturated heterocycles. The first-order valence-electron chi connectivity index (χ1n) is 9.72. The molecular formula is C22H26Cl2N2O2. The quantitative estimate of drug-likeness (QED) is 0.651. The Bertz CT molecular complexity index is 856. The number of hydrogen-bond donors (Lipinski definition) is 3. The molecule has 4 unspecified atom stereocenters. The van der Waals surface area contributed by atoms with Crippen LogP contribution in [0.3, 0.4) is 0 Å². The number of nitrogens with one attached hydrogen (secondary N) is 1. The van der Waals surface area contributed by atoms with Crippen molar-refractivity contribution in [3.8, 4) is 5.75 Å². The van der Waals surface area contributed by atoms with E-state index in [1.54, 1.807) is 12.1 Å². The van der Waals surface area contributed by atoms with Gasteiger partial charge in [-0.25, -0.2) is 0 Å². The Morgan fingerprint density at radius 3 is 2.43 bits per heavy atom. The highest BCUT2D eigenvalue weighted by atomic mass is 35.5. The van der Waals surface area contributed by atoms with Crippen LogP contribution in [0.4, 0.5) is 0 Å². The van der Waals surface area contributed by atoms with Crippen molar-refractivity contribution in [2.75, 3.05) is 6.54 Å². The van der Waals surface area contributed by atoms with Gasteiger partial charge in [0, 0.05) is 34.3 Å². The zero-order valence-corrected chi connectivity index (χ0v) is 17.6. The topological polar surface area (TPSA) is 75.3 Å². The van der Waals surface area contributed by atoms with Crippen LogP contribution in [0.2, 0.25) is 10.0 Å². The molecule has 1 heterocycles. The molecule has 4 rings (SSSR count).